The van der Waals surface area contributed by atoms with Gasteiger partial charge in [-0.25, -0.2) is 0 Å². The van der Waals surface area contributed by atoms with Gasteiger partial charge in [-0.05, 0) is 34.4 Å². The molecule has 2 amide bonds. The maximum Gasteiger partial charge on any atom is 0.313 e. The van der Waals surface area contributed by atoms with Crippen molar-refractivity contribution in [2.75, 3.05) is 6.54 Å². The highest BCUT2D eigenvalue weighted by Crippen LogP contribution is 2.60. The minimum absolute atomic E-state index is 0.00776. The van der Waals surface area contributed by atoms with Gasteiger partial charge in [0.2, 0.25) is 11.8 Å². The summed E-state index contributed by atoms with van der Waals surface area (Å²) in [6.45, 7) is 0.00776. The summed E-state index contributed by atoms with van der Waals surface area (Å²) in [7, 11) is 0. The van der Waals surface area contributed by atoms with E-state index in [0.29, 0.717) is 11.3 Å². The van der Waals surface area contributed by atoms with Crippen LogP contribution in [0.15, 0.2) is 85.1 Å². The Morgan fingerprint density at radius 3 is 1.89 bits per heavy atom. The van der Waals surface area contributed by atoms with Gasteiger partial charge in [-0.1, -0.05) is 66.7 Å². The van der Waals surface area contributed by atoms with E-state index in [2.05, 4.69) is 29.2 Å². The zero-order chi connectivity index (χ0) is 24.4. The Bertz CT molecular complexity index is 1460. The first-order valence-corrected chi connectivity index (χ1v) is 12.2. The topological polar surface area (TPSA) is 76.6 Å². The van der Waals surface area contributed by atoms with Crippen molar-refractivity contribution >= 4 is 28.7 Å². The number of para-hydroxylation sites is 1. The van der Waals surface area contributed by atoms with Crippen LogP contribution in [0.3, 0.4) is 0 Å². The summed E-state index contributed by atoms with van der Waals surface area (Å²) >= 11 is 0. The second-order valence-electron chi connectivity index (χ2n) is 9.65. The minimum Gasteiger partial charge on any atom is -0.424 e. The van der Waals surface area contributed by atoms with E-state index in [-0.39, 0.29) is 36.6 Å². The molecule has 36 heavy (non-hydrogen) atoms. The fourth-order valence-electron chi connectivity index (χ4n) is 6.49. The molecule has 6 nitrogen and oxygen atoms in total. The Balaban J connectivity index is 1.15. The van der Waals surface area contributed by atoms with Crippen molar-refractivity contribution in [3.05, 3.63) is 107 Å². The minimum atomic E-state index is -0.502. The van der Waals surface area contributed by atoms with Crippen LogP contribution in [0.2, 0.25) is 0 Å². The summed E-state index contributed by atoms with van der Waals surface area (Å²) in [6, 6.07) is 25.4. The molecule has 1 aliphatic heterocycles. The Kier molecular flexibility index (Phi) is 4.58. The van der Waals surface area contributed by atoms with Crippen LogP contribution >= 0.6 is 0 Å². The third-order valence-corrected chi connectivity index (χ3v) is 7.90. The molecule has 0 saturated carbocycles. The Hall–Kier alpha value is -4.32. The number of ether oxygens (including phenoxy) is 1. The zero-order valence-corrected chi connectivity index (χ0v) is 19.3. The number of carbonyl (C=O) groups excluding carboxylic acids is 3. The number of nitrogens with zero attached hydrogens (tertiary/aromatic N) is 2. The first kappa shape index (κ1) is 21.0. The monoisotopic (exact) mass is 474 g/mol. The molecule has 2 heterocycles. The van der Waals surface area contributed by atoms with Crippen LogP contribution in [0.25, 0.3) is 10.9 Å². The van der Waals surface area contributed by atoms with E-state index in [4.69, 9.17) is 4.74 Å². The van der Waals surface area contributed by atoms with Gasteiger partial charge >= 0.3 is 5.97 Å². The van der Waals surface area contributed by atoms with E-state index >= 15 is 0 Å². The number of likely N-dealkylation sites (tertiary alicyclic amines) is 1. The SMILES string of the molecule is O=C(CCN1C(=O)[C@@H]2C3c4ccccc4C(c4ccccc43)[C@@H]2C1=O)Oc1cccc2cccnc12. The van der Waals surface area contributed by atoms with Gasteiger partial charge in [-0.15, -0.1) is 0 Å². The van der Waals surface area contributed by atoms with Gasteiger partial charge in [0.15, 0.2) is 5.75 Å². The van der Waals surface area contributed by atoms with Crippen LogP contribution in [0.4, 0.5) is 0 Å². The molecule has 4 aliphatic rings. The number of imide groups is 1. The lowest BCUT2D eigenvalue weighted by molar-refractivity contribution is -0.141. The van der Waals surface area contributed by atoms with Gasteiger partial charge in [-0.3, -0.25) is 24.3 Å². The number of benzene rings is 3. The van der Waals surface area contributed by atoms with Crippen molar-refractivity contribution in [2.24, 2.45) is 11.8 Å². The normalized spacial score (nSPS) is 23.4. The molecule has 8 rings (SSSR count). The number of aromatic nitrogens is 1. The second-order valence-corrected chi connectivity index (χ2v) is 9.65. The van der Waals surface area contributed by atoms with E-state index in [0.717, 1.165) is 27.6 Å². The van der Waals surface area contributed by atoms with Gasteiger partial charge in [-0.2, -0.15) is 0 Å². The zero-order valence-electron chi connectivity index (χ0n) is 19.3. The predicted octanol–water partition coefficient (Wildman–Crippen LogP) is 4.42. The second kappa shape index (κ2) is 7.85. The molecule has 0 unspecified atom stereocenters. The lowest BCUT2D eigenvalue weighted by Crippen LogP contribution is -2.41. The predicted molar refractivity (Wildman–Crippen MR) is 132 cm³/mol. The lowest BCUT2D eigenvalue weighted by atomic mass is 9.55. The standard InChI is InChI=1S/C30H22N2O4/c33-23(36-22-13-5-7-17-8-6-15-31-28(17)22)14-16-32-29(34)26-24-18-9-1-2-10-19(18)25(27(26)30(32)35)21-12-4-3-11-20(21)24/h1-13,15,24-27H,14,16H2/t24?,25?,26-,27+. The molecule has 3 aromatic carbocycles. The number of hydrogen-bond acceptors (Lipinski definition) is 5. The van der Waals surface area contributed by atoms with Crippen molar-refractivity contribution in [2.45, 2.75) is 18.3 Å². The molecule has 176 valence electrons. The number of carbonyl (C=O) groups is 3. The molecule has 0 N–H and O–H groups in total. The fourth-order valence-corrected chi connectivity index (χ4v) is 6.49. The smallest absolute Gasteiger partial charge is 0.313 e. The van der Waals surface area contributed by atoms with Gasteiger partial charge in [0, 0.05) is 30.0 Å². The number of esters is 1. The van der Waals surface area contributed by atoms with Crippen LogP contribution in [0, 0.1) is 11.8 Å². The highest BCUT2D eigenvalue weighted by Gasteiger charge is 2.61. The first-order chi connectivity index (χ1) is 17.6. The summed E-state index contributed by atoms with van der Waals surface area (Å²) in [5, 5.41) is 0.867. The van der Waals surface area contributed by atoms with Crippen molar-refractivity contribution in [3.63, 3.8) is 0 Å². The fraction of sp³-hybridized carbons (Fsp3) is 0.200. The molecule has 0 spiro atoms. The highest BCUT2D eigenvalue weighted by atomic mass is 16.5. The molecule has 6 heteroatoms. The number of hydrogen-bond donors (Lipinski definition) is 0. The van der Waals surface area contributed by atoms with Crippen molar-refractivity contribution in [1.82, 2.24) is 9.88 Å². The van der Waals surface area contributed by atoms with E-state index in [1.54, 1.807) is 18.3 Å². The summed E-state index contributed by atoms with van der Waals surface area (Å²) in [5.41, 5.74) is 5.13. The van der Waals surface area contributed by atoms with E-state index < -0.39 is 17.8 Å². The average Bonchev–Trinajstić information content (AvgIpc) is 3.17. The van der Waals surface area contributed by atoms with Gasteiger partial charge in [0.05, 0.1) is 18.3 Å². The van der Waals surface area contributed by atoms with Crippen LogP contribution in [-0.4, -0.2) is 34.2 Å². The van der Waals surface area contributed by atoms with E-state index in [1.807, 2.05) is 42.5 Å². The van der Waals surface area contributed by atoms with Crippen molar-refractivity contribution in [3.8, 4) is 5.75 Å². The number of fused-ring (bicyclic) bond motifs is 1. The van der Waals surface area contributed by atoms with E-state index in [1.165, 1.54) is 4.90 Å². The molecule has 3 aliphatic carbocycles. The Morgan fingerprint density at radius 1 is 0.750 bits per heavy atom. The highest BCUT2D eigenvalue weighted by molar-refractivity contribution is 6.08. The maximum atomic E-state index is 13.6. The third-order valence-electron chi connectivity index (χ3n) is 7.90. The van der Waals surface area contributed by atoms with E-state index in [9.17, 15) is 14.4 Å². The quantitative estimate of drug-likeness (QED) is 0.249. The molecule has 1 aromatic heterocycles. The summed E-state index contributed by atoms with van der Waals surface area (Å²) < 4.78 is 5.58. The summed E-state index contributed by atoms with van der Waals surface area (Å²) in [4.78, 5) is 45.6. The van der Waals surface area contributed by atoms with Crippen LogP contribution < -0.4 is 4.74 Å². The summed E-state index contributed by atoms with van der Waals surface area (Å²) in [6.07, 6.45) is 1.57. The number of rotatable bonds is 4. The largest absolute Gasteiger partial charge is 0.424 e. The van der Waals surface area contributed by atoms with Crippen LogP contribution in [0.5, 0.6) is 5.75 Å². The van der Waals surface area contributed by atoms with Gasteiger partial charge in [0.25, 0.3) is 0 Å². The number of pyridine rings is 1. The molecular formula is C30H22N2O4. The molecular weight excluding hydrogens is 452 g/mol. The molecule has 1 fully saturated rings. The van der Waals surface area contributed by atoms with Gasteiger partial charge in [0.1, 0.15) is 5.52 Å². The third kappa shape index (κ3) is 2.90. The lowest BCUT2D eigenvalue weighted by Gasteiger charge is -2.45. The first-order valence-electron chi connectivity index (χ1n) is 12.2. The van der Waals surface area contributed by atoms with Crippen molar-refractivity contribution in [1.29, 1.82) is 0 Å². The molecule has 2 bridgehead atoms. The molecule has 1 saturated heterocycles. The van der Waals surface area contributed by atoms with Crippen LogP contribution in [0.1, 0.15) is 40.5 Å². The Morgan fingerprint density at radius 2 is 1.31 bits per heavy atom. The summed E-state index contributed by atoms with van der Waals surface area (Å²) in [5.74, 6) is -1.69. The average molecular weight is 475 g/mol. The number of amides is 2. The molecule has 2 atom stereocenters. The molecule has 4 aromatic rings. The molecule has 0 radical (unpaired) electrons. The van der Waals surface area contributed by atoms with Crippen LogP contribution in [-0.2, 0) is 14.4 Å². The maximum absolute atomic E-state index is 13.6. The Labute approximate surface area is 207 Å². The van der Waals surface area contributed by atoms with Crippen molar-refractivity contribution < 1.29 is 19.1 Å². The van der Waals surface area contributed by atoms with Gasteiger partial charge < -0.3 is 4.74 Å².